The zero-order valence-corrected chi connectivity index (χ0v) is 26.4. The number of nitrogens with one attached hydrogen (secondary N) is 2. The summed E-state index contributed by atoms with van der Waals surface area (Å²) in [6.45, 7) is 9.38. The summed E-state index contributed by atoms with van der Waals surface area (Å²) in [5.74, 6) is -4.82. The second-order valence-corrected chi connectivity index (χ2v) is 12.0. The van der Waals surface area contributed by atoms with Crippen LogP contribution in [0.5, 0.6) is 0 Å². The molecule has 0 spiro atoms. The van der Waals surface area contributed by atoms with Gasteiger partial charge in [0.2, 0.25) is 11.8 Å². The lowest BCUT2D eigenvalue weighted by Crippen LogP contribution is -2.54. The van der Waals surface area contributed by atoms with Gasteiger partial charge in [0.05, 0.1) is 43.2 Å². The van der Waals surface area contributed by atoms with Gasteiger partial charge in [0.15, 0.2) is 11.9 Å². The number of esters is 1. The van der Waals surface area contributed by atoms with E-state index in [1.54, 1.807) is 0 Å². The first-order valence-electron chi connectivity index (χ1n) is 15.4. The van der Waals surface area contributed by atoms with E-state index in [4.69, 9.17) is 27.7 Å². The van der Waals surface area contributed by atoms with Crippen molar-refractivity contribution in [3.05, 3.63) is 0 Å². The number of carbonyl (C=O) groups is 3. The molecule has 14 heteroatoms. The zero-order chi connectivity index (χ0) is 32.6. The highest BCUT2D eigenvalue weighted by Crippen LogP contribution is 2.42. The Bertz CT molecular complexity index is 1010. The van der Waals surface area contributed by atoms with E-state index in [0.29, 0.717) is 12.8 Å². The summed E-state index contributed by atoms with van der Waals surface area (Å²) < 4.78 is 4.93. The van der Waals surface area contributed by atoms with Crippen LogP contribution in [0.2, 0.25) is 0 Å². The molecule has 0 bridgehead atoms. The number of methoxy groups -OCH3 is 1. The average molecular weight is 611 g/mol. The maximum atomic E-state index is 14.1. The van der Waals surface area contributed by atoms with Crippen molar-refractivity contribution in [1.82, 2.24) is 10.6 Å². The maximum Gasteiger partial charge on any atom is 0.311 e. The number of carbonyl (C=O) groups excluding carboxylic acids is 3. The third-order valence-corrected chi connectivity index (χ3v) is 9.58. The fraction of sp³-hybridized carbons (Fsp3) is 0.828. The number of aliphatic hydroxyl groups excluding tert-OH is 2. The molecule has 12 N–H and O–H groups in total. The first-order valence-corrected chi connectivity index (χ1v) is 15.4. The number of guanidine groups is 2. The lowest BCUT2D eigenvalue weighted by molar-refractivity contribution is -0.149. The molecule has 0 aromatic carbocycles. The summed E-state index contributed by atoms with van der Waals surface area (Å²) in [6, 6.07) is -2.36. The van der Waals surface area contributed by atoms with E-state index in [1.807, 2.05) is 27.7 Å². The van der Waals surface area contributed by atoms with E-state index in [2.05, 4.69) is 20.6 Å². The molecule has 2 rings (SSSR count). The highest BCUT2D eigenvalue weighted by atomic mass is 16.5. The third kappa shape index (κ3) is 8.49. The molecule has 0 heterocycles. The predicted octanol–water partition coefficient (Wildman–Crippen LogP) is -0.701. The Morgan fingerprint density at radius 3 is 1.53 bits per heavy atom. The molecule has 14 nitrogen and oxygen atoms in total. The monoisotopic (exact) mass is 610 g/mol. The van der Waals surface area contributed by atoms with Crippen LogP contribution in [-0.4, -0.2) is 83.4 Å². The molecule has 2 amide bonds. The van der Waals surface area contributed by atoms with Crippen molar-refractivity contribution >= 4 is 29.7 Å². The van der Waals surface area contributed by atoms with Gasteiger partial charge in [-0.05, 0) is 24.7 Å². The second kappa shape index (κ2) is 16.1. The summed E-state index contributed by atoms with van der Waals surface area (Å²) in [6.07, 6.45) is 0.745. The number of aliphatic imine (C=N–C) groups is 2. The smallest absolute Gasteiger partial charge is 0.311 e. The van der Waals surface area contributed by atoms with Crippen molar-refractivity contribution in [1.29, 1.82) is 0 Å². The Morgan fingerprint density at radius 2 is 1.16 bits per heavy atom. The van der Waals surface area contributed by atoms with Crippen molar-refractivity contribution in [2.75, 3.05) is 7.11 Å². The van der Waals surface area contributed by atoms with Crippen molar-refractivity contribution in [2.24, 2.45) is 68.4 Å². The number of nitrogens with zero attached hydrogens (tertiary/aromatic N) is 2. The molecular weight excluding hydrogens is 556 g/mol. The van der Waals surface area contributed by atoms with Gasteiger partial charge in [0.1, 0.15) is 0 Å². The standard InChI is InChI=1S/C29H54N8O6/c1-7-14(8-2)22(34-13(5)38)20-18(35-28(30)31)11-16(24(20)39)26(41)37-23(15(9-3)10-4)21-19(36-29(32)33)12-17(25(21)40)27(42)43-6/h14-25,39-40H,7-12H2,1-6H3,(H,34,38)(H,37,41)(H4,30,31,35)(H4,32,33,36)/t16-,17-,18+,19+,20+,21+,22-,23-,24+,25+/m0/s1. The number of hydrogen-bond donors (Lipinski definition) is 8. The van der Waals surface area contributed by atoms with Gasteiger partial charge >= 0.3 is 5.97 Å². The molecule has 246 valence electrons. The minimum Gasteiger partial charge on any atom is -0.469 e. The van der Waals surface area contributed by atoms with E-state index >= 15 is 0 Å². The van der Waals surface area contributed by atoms with Crippen LogP contribution >= 0.6 is 0 Å². The Kier molecular flexibility index (Phi) is 13.5. The van der Waals surface area contributed by atoms with E-state index in [1.165, 1.54) is 14.0 Å². The minimum absolute atomic E-state index is 0.0172. The second-order valence-electron chi connectivity index (χ2n) is 12.0. The van der Waals surface area contributed by atoms with Gasteiger partial charge in [-0.1, -0.05) is 53.4 Å². The molecule has 0 aromatic rings. The van der Waals surface area contributed by atoms with Gasteiger partial charge in [0.25, 0.3) is 0 Å². The molecule has 2 fully saturated rings. The first kappa shape index (κ1) is 36.1. The lowest BCUT2D eigenvalue weighted by Gasteiger charge is -2.37. The molecule has 43 heavy (non-hydrogen) atoms. The van der Waals surface area contributed by atoms with Crippen LogP contribution in [0.25, 0.3) is 0 Å². The summed E-state index contributed by atoms with van der Waals surface area (Å²) in [5, 5.41) is 29.2. The zero-order valence-electron chi connectivity index (χ0n) is 26.4. The summed E-state index contributed by atoms with van der Waals surface area (Å²) in [4.78, 5) is 47.5. The van der Waals surface area contributed by atoms with Crippen molar-refractivity contribution in [3.8, 4) is 0 Å². The van der Waals surface area contributed by atoms with Crippen LogP contribution in [0, 0.1) is 35.5 Å². The molecular formula is C29H54N8O6. The Balaban J connectivity index is 2.52. The number of rotatable bonds is 14. The molecule has 0 aromatic heterocycles. The van der Waals surface area contributed by atoms with Crippen LogP contribution in [0.4, 0.5) is 0 Å². The highest BCUT2D eigenvalue weighted by Gasteiger charge is 2.54. The minimum atomic E-state index is -1.18. The number of aliphatic hydroxyl groups is 2. The van der Waals surface area contributed by atoms with Crippen LogP contribution in [0.3, 0.4) is 0 Å². The topological polar surface area (TPSA) is 254 Å². The lowest BCUT2D eigenvalue weighted by atomic mass is 9.79. The van der Waals surface area contributed by atoms with Gasteiger partial charge in [0, 0.05) is 30.8 Å². The van der Waals surface area contributed by atoms with Crippen LogP contribution in [-0.2, 0) is 19.1 Å². The van der Waals surface area contributed by atoms with Crippen molar-refractivity contribution in [3.63, 3.8) is 0 Å². The van der Waals surface area contributed by atoms with Gasteiger partial charge in [-0.25, -0.2) is 9.98 Å². The van der Waals surface area contributed by atoms with E-state index < -0.39 is 71.9 Å². The number of amides is 2. The fourth-order valence-electron chi connectivity index (χ4n) is 7.47. The highest BCUT2D eigenvalue weighted by molar-refractivity contribution is 5.81. The van der Waals surface area contributed by atoms with Gasteiger partial charge in [-0.15, -0.1) is 0 Å². The largest absolute Gasteiger partial charge is 0.469 e. The predicted molar refractivity (Wildman–Crippen MR) is 164 cm³/mol. The van der Waals surface area contributed by atoms with E-state index in [0.717, 1.165) is 12.8 Å². The first-order chi connectivity index (χ1) is 20.2. The Labute approximate surface area is 254 Å². The van der Waals surface area contributed by atoms with Crippen molar-refractivity contribution < 1.29 is 29.3 Å². The molecule has 2 aliphatic rings. The molecule has 0 unspecified atom stereocenters. The van der Waals surface area contributed by atoms with Gasteiger partial charge in [-0.3, -0.25) is 14.4 Å². The summed E-state index contributed by atoms with van der Waals surface area (Å²) in [5.41, 5.74) is 23.0. The quantitative estimate of drug-likeness (QED) is 0.0697. The number of hydrogen-bond acceptors (Lipinski definition) is 8. The third-order valence-electron chi connectivity index (χ3n) is 9.58. The van der Waals surface area contributed by atoms with Gasteiger partial charge in [-0.2, -0.15) is 0 Å². The molecule has 0 aliphatic heterocycles. The normalized spacial score (nSPS) is 30.0. The Hall–Kier alpha value is -3.13. The van der Waals surface area contributed by atoms with E-state index in [9.17, 15) is 24.6 Å². The molecule has 0 radical (unpaired) electrons. The van der Waals surface area contributed by atoms with Crippen LogP contribution in [0.1, 0.15) is 73.1 Å². The SMILES string of the molecule is CCC(CC)[C@H](NC(C)=O)[C@@H]1[C@H](O)[C@@H](C(=O)N[C@@H](C(CC)CC)[C@@H]2[C@H](O)[C@@H](C(=O)OC)C[C@H]2N=C(N)N)C[C@H]1N=C(N)N. The Morgan fingerprint density at radius 1 is 0.767 bits per heavy atom. The summed E-state index contributed by atoms with van der Waals surface area (Å²) in [7, 11) is 1.25. The average Bonchev–Trinajstić information content (AvgIpc) is 3.42. The fourth-order valence-corrected chi connectivity index (χ4v) is 7.47. The van der Waals surface area contributed by atoms with Crippen LogP contribution in [0.15, 0.2) is 9.98 Å². The number of nitrogens with two attached hydrogens (primary N) is 4. The molecule has 10 atom stereocenters. The maximum absolute atomic E-state index is 14.1. The number of ether oxygens (including phenoxy) is 1. The molecule has 0 saturated heterocycles. The van der Waals surface area contributed by atoms with E-state index in [-0.39, 0.29) is 42.5 Å². The van der Waals surface area contributed by atoms with Crippen molar-refractivity contribution in [2.45, 2.75) is 110 Å². The van der Waals surface area contributed by atoms with Gasteiger partial charge < -0.3 is 48.5 Å². The van der Waals surface area contributed by atoms with Crippen LogP contribution < -0.4 is 33.6 Å². The molecule has 2 saturated carbocycles. The summed E-state index contributed by atoms with van der Waals surface area (Å²) >= 11 is 0. The molecule has 2 aliphatic carbocycles.